The van der Waals surface area contributed by atoms with Crippen LogP contribution in [0.25, 0.3) is 0 Å². The zero-order valence-electron chi connectivity index (χ0n) is 16.8. The number of anilines is 2. The highest BCUT2D eigenvalue weighted by Gasteiger charge is 2.32. The van der Waals surface area contributed by atoms with Crippen LogP contribution < -0.4 is 19.7 Å². The van der Waals surface area contributed by atoms with E-state index in [0.717, 1.165) is 17.7 Å². The summed E-state index contributed by atoms with van der Waals surface area (Å²) in [5, 5.41) is 4.76. The third-order valence-corrected chi connectivity index (χ3v) is 5.74. The van der Waals surface area contributed by atoms with Gasteiger partial charge in [-0.2, -0.15) is 0 Å². The van der Waals surface area contributed by atoms with Gasteiger partial charge in [-0.25, -0.2) is 4.98 Å². The predicted octanol–water partition coefficient (Wildman–Crippen LogP) is 4.00. The molecule has 7 nitrogen and oxygen atoms in total. The first-order valence-electron chi connectivity index (χ1n) is 9.41. The Labute approximate surface area is 178 Å². The van der Waals surface area contributed by atoms with E-state index in [1.54, 1.807) is 28.5 Å². The molecule has 0 aliphatic carbocycles. The second-order valence-electron chi connectivity index (χ2n) is 6.95. The number of hydrogen-bond donors (Lipinski definition) is 1. The SMILES string of the molecule is COc1cc(OC)cc(C(=O)Nc2nc(C(=O)N3c4ccccc4CC3C)cs2)c1. The van der Waals surface area contributed by atoms with Crippen LogP contribution in [0.4, 0.5) is 10.8 Å². The Kier molecular flexibility index (Phi) is 5.41. The summed E-state index contributed by atoms with van der Waals surface area (Å²) in [4.78, 5) is 31.8. The largest absolute Gasteiger partial charge is 0.497 e. The van der Waals surface area contributed by atoms with Gasteiger partial charge in [-0.05, 0) is 37.1 Å². The topological polar surface area (TPSA) is 80.8 Å². The maximum atomic E-state index is 13.1. The maximum Gasteiger partial charge on any atom is 0.278 e. The molecule has 2 amide bonds. The first kappa shape index (κ1) is 19.9. The third kappa shape index (κ3) is 3.73. The number of hydrogen-bond acceptors (Lipinski definition) is 6. The molecular weight excluding hydrogens is 402 g/mol. The van der Waals surface area contributed by atoms with Crippen molar-refractivity contribution in [2.75, 3.05) is 24.4 Å². The van der Waals surface area contributed by atoms with Gasteiger partial charge in [0.25, 0.3) is 11.8 Å². The number of rotatable bonds is 5. The number of nitrogens with one attached hydrogen (secondary N) is 1. The van der Waals surface area contributed by atoms with Crippen LogP contribution in [0.15, 0.2) is 47.8 Å². The number of fused-ring (bicyclic) bond motifs is 1. The fourth-order valence-electron chi connectivity index (χ4n) is 3.54. The molecule has 1 aromatic heterocycles. The van der Waals surface area contributed by atoms with Crippen LogP contribution in [-0.4, -0.2) is 37.1 Å². The summed E-state index contributed by atoms with van der Waals surface area (Å²) < 4.78 is 10.4. The van der Waals surface area contributed by atoms with E-state index in [4.69, 9.17) is 9.47 Å². The third-order valence-electron chi connectivity index (χ3n) is 4.98. The Morgan fingerprint density at radius 2 is 1.83 bits per heavy atom. The number of ether oxygens (including phenoxy) is 2. The fourth-order valence-corrected chi connectivity index (χ4v) is 4.22. The molecule has 4 rings (SSSR count). The van der Waals surface area contributed by atoms with Gasteiger partial charge in [0, 0.05) is 28.7 Å². The minimum absolute atomic E-state index is 0.0545. The van der Waals surface area contributed by atoms with E-state index < -0.39 is 0 Å². The molecule has 2 heterocycles. The molecule has 1 unspecified atom stereocenters. The quantitative estimate of drug-likeness (QED) is 0.671. The van der Waals surface area contributed by atoms with Gasteiger partial charge in [0.1, 0.15) is 17.2 Å². The summed E-state index contributed by atoms with van der Waals surface area (Å²) in [6, 6.07) is 12.8. The van der Waals surface area contributed by atoms with E-state index in [1.807, 2.05) is 31.2 Å². The van der Waals surface area contributed by atoms with Crippen molar-refractivity contribution in [2.45, 2.75) is 19.4 Å². The zero-order valence-corrected chi connectivity index (χ0v) is 17.7. The molecule has 0 spiro atoms. The number of para-hydroxylation sites is 1. The number of benzene rings is 2. The number of thiazole rings is 1. The molecule has 154 valence electrons. The van der Waals surface area contributed by atoms with Gasteiger partial charge in [0.15, 0.2) is 5.13 Å². The highest BCUT2D eigenvalue weighted by molar-refractivity contribution is 7.14. The molecule has 1 atom stereocenters. The molecule has 1 aliphatic rings. The highest BCUT2D eigenvalue weighted by atomic mass is 32.1. The summed E-state index contributed by atoms with van der Waals surface area (Å²) in [5.41, 5.74) is 2.74. The van der Waals surface area contributed by atoms with Crippen LogP contribution in [-0.2, 0) is 6.42 Å². The van der Waals surface area contributed by atoms with Crippen LogP contribution in [0.1, 0.15) is 33.3 Å². The van der Waals surface area contributed by atoms with Crippen LogP contribution in [0.5, 0.6) is 11.5 Å². The van der Waals surface area contributed by atoms with Gasteiger partial charge in [-0.3, -0.25) is 14.9 Å². The first-order valence-corrected chi connectivity index (χ1v) is 10.3. The fraction of sp³-hybridized carbons (Fsp3) is 0.227. The highest BCUT2D eigenvalue weighted by Crippen LogP contribution is 2.33. The number of aromatic nitrogens is 1. The van der Waals surface area contributed by atoms with Crippen molar-refractivity contribution in [2.24, 2.45) is 0 Å². The van der Waals surface area contributed by atoms with Crippen LogP contribution in [0.3, 0.4) is 0 Å². The van der Waals surface area contributed by atoms with Gasteiger partial charge in [-0.1, -0.05) is 18.2 Å². The second-order valence-corrected chi connectivity index (χ2v) is 7.81. The van der Waals surface area contributed by atoms with Crippen LogP contribution in [0.2, 0.25) is 0 Å². The van der Waals surface area contributed by atoms with Crippen molar-refractivity contribution < 1.29 is 19.1 Å². The Morgan fingerprint density at radius 3 is 2.53 bits per heavy atom. The van der Waals surface area contributed by atoms with Crippen molar-refractivity contribution in [3.05, 3.63) is 64.7 Å². The minimum Gasteiger partial charge on any atom is -0.497 e. The van der Waals surface area contributed by atoms with E-state index in [9.17, 15) is 9.59 Å². The van der Waals surface area contributed by atoms with E-state index in [2.05, 4.69) is 10.3 Å². The lowest BCUT2D eigenvalue weighted by molar-refractivity contribution is 0.0975. The molecule has 30 heavy (non-hydrogen) atoms. The monoisotopic (exact) mass is 423 g/mol. The molecule has 0 saturated heterocycles. The normalized spacial score (nSPS) is 14.9. The number of carbonyl (C=O) groups excluding carboxylic acids is 2. The lowest BCUT2D eigenvalue weighted by Crippen LogP contribution is -2.35. The molecule has 1 N–H and O–H groups in total. The summed E-state index contributed by atoms with van der Waals surface area (Å²) in [6.07, 6.45) is 0.813. The Hall–Kier alpha value is -3.39. The van der Waals surface area contributed by atoms with Crippen molar-refractivity contribution in [1.29, 1.82) is 0 Å². The average molecular weight is 423 g/mol. The van der Waals surface area contributed by atoms with Gasteiger partial charge in [0.2, 0.25) is 0 Å². The molecule has 0 radical (unpaired) electrons. The Balaban J connectivity index is 1.52. The van der Waals surface area contributed by atoms with Crippen molar-refractivity contribution in [3.63, 3.8) is 0 Å². The summed E-state index contributed by atoms with van der Waals surface area (Å²) in [7, 11) is 3.04. The lowest BCUT2D eigenvalue weighted by Gasteiger charge is -2.21. The van der Waals surface area contributed by atoms with Crippen LogP contribution in [0, 0.1) is 0 Å². The average Bonchev–Trinajstić information content (AvgIpc) is 3.36. The summed E-state index contributed by atoms with van der Waals surface area (Å²) in [6.45, 7) is 2.02. The van der Waals surface area contributed by atoms with Crippen LogP contribution >= 0.6 is 11.3 Å². The molecule has 3 aromatic rings. The molecule has 1 aliphatic heterocycles. The second kappa shape index (κ2) is 8.16. The predicted molar refractivity (Wildman–Crippen MR) is 116 cm³/mol. The first-order chi connectivity index (χ1) is 14.5. The number of methoxy groups -OCH3 is 2. The summed E-state index contributed by atoms with van der Waals surface area (Å²) >= 11 is 1.21. The van der Waals surface area contributed by atoms with E-state index in [1.165, 1.54) is 25.6 Å². The van der Waals surface area contributed by atoms with Crippen molar-refractivity contribution in [1.82, 2.24) is 4.98 Å². The zero-order chi connectivity index (χ0) is 21.3. The molecule has 0 bridgehead atoms. The van der Waals surface area contributed by atoms with Crippen molar-refractivity contribution in [3.8, 4) is 11.5 Å². The van der Waals surface area contributed by atoms with E-state index in [-0.39, 0.29) is 17.9 Å². The van der Waals surface area contributed by atoms with Gasteiger partial charge in [0.05, 0.1) is 14.2 Å². The smallest absolute Gasteiger partial charge is 0.278 e. The minimum atomic E-state index is -0.361. The number of amides is 2. The molecule has 0 saturated carbocycles. The number of carbonyl (C=O) groups is 2. The van der Waals surface area contributed by atoms with E-state index in [0.29, 0.717) is 27.9 Å². The van der Waals surface area contributed by atoms with Gasteiger partial charge >= 0.3 is 0 Å². The van der Waals surface area contributed by atoms with E-state index >= 15 is 0 Å². The lowest BCUT2D eigenvalue weighted by atomic mass is 10.1. The molecule has 8 heteroatoms. The Morgan fingerprint density at radius 1 is 1.13 bits per heavy atom. The van der Waals surface area contributed by atoms with Gasteiger partial charge < -0.3 is 14.4 Å². The maximum absolute atomic E-state index is 13.1. The van der Waals surface area contributed by atoms with Gasteiger partial charge in [-0.15, -0.1) is 11.3 Å². The molecule has 0 fully saturated rings. The molecular formula is C22H21N3O4S. The number of nitrogens with zero attached hydrogens (tertiary/aromatic N) is 2. The molecule has 2 aromatic carbocycles. The summed E-state index contributed by atoms with van der Waals surface area (Å²) in [5.74, 6) is 0.486. The van der Waals surface area contributed by atoms with Crippen molar-refractivity contribution >= 4 is 34.0 Å². The Bertz CT molecular complexity index is 1090. The standard InChI is InChI=1S/C22H21N3O4S/c1-13-8-14-6-4-5-7-19(14)25(13)21(27)18-12-30-22(23-18)24-20(26)15-9-16(28-2)11-17(10-15)29-3/h4-7,9-13H,8H2,1-3H3,(H,23,24,26).